The molecular formula is C22H26ClN3O2. The molecule has 6 heteroatoms. The normalized spacial score (nSPS) is 16.1. The highest BCUT2D eigenvalue weighted by atomic mass is 35.5. The van der Waals surface area contributed by atoms with Gasteiger partial charge in [0.2, 0.25) is 0 Å². The van der Waals surface area contributed by atoms with Crippen LogP contribution in [0.4, 0.5) is 4.79 Å². The zero-order chi connectivity index (χ0) is 20.1. The Morgan fingerprint density at radius 1 is 1.18 bits per heavy atom. The first-order valence-electron chi connectivity index (χ1n) is 9.77. The third kappa shape index (κ3) is 3.55. The number of hydrogen-bond donors (Lipinski definition) is 0. The van der Waals surface area contributed by atoms with Crippen molar-refractivity contribution in [3.05, 3.63) is 41.0 Å². The predicted octanol–water partition coefficient (Wildman–Crippen LogP) is 5.72. The minimum absolute atomic E-state index is 0.228. The molecule has 2 aromatic heterocycles. The average molecular weight is 400 g/mol. The topological polar surface area (TPSA) is 47.4 Å². The predicted molar refractivity (Wildman–Crippen MR) is 113 cm³/mol. The first kappa shape index (κ1) is 19.1. The van der Waals surface area contributed by atoms with E-state index in [1.807, 2.05) is 31.7 Å². The van der Waals surface area contributed by atoms with Gasteiger partial charge < -0.3 is 14.2 Å². The van der Waals surface area contributed by atoms with Gasteiger partial charge in [0.05, 0.1) is 10.5 Å². The van der Waals surface area contributed by atoms with E-state index < -0.39 is 5.60 Å². The van der Waals surface area contributed by atoms with E-state index in [1.54, 1.807) is 6.20 Å². The van der Waals surface area contributed by atoms with Crippen LogP contribution in [0.5, 0.6) is 0 Å². The molecule has 3 heterocycles. The molecule has 0 N–H and O–H groups in total. The summed E-state index contributed by atoms with van der Waals surface area (Å²) in [6.45, 7) is 9.15. The number of rotatable bonds is 1. The summed E-state index contributed by atoms with van der Waals surface area (Å²) in [6.07, 6.45) is 3.22. The van der Waals surface area contributed by atoms with Crippen molar-refractivity contribution in [2.24, 2.45) is 0 Å². The fourth-order valence-electron chi connectivity index (χ4n) is 4.01. The molecule has 3 aromatic rings. The third-order valence-corrected chi connectivity index (χ3v) is 5.45. The molecule has 0 radical (unpaired) electrons. The van der Waals surface area contributed by atoms with E-state index in [0.717, 1.165) is 23.9 Å². The molecule has 0 atom stereocenters. The van der Waals surface area contributed by atoms with Gasteiger partial charge >= 0.3 is 6.09 Å². The molecule has 0 bridgehead atoms. The van der Waals surface area contributed by atoms with Crippen LogP contribution in [-0.4, -0.2) is 39.2 Å². The molecule has 1 amide bonds. The summed E-state index contributed by atoms with van der Waals surface area (Å²) in [5, 5.41) is 2.91. The van der Waals surface area contributed by atoms with Gasteiger partial charge in [0, 0.05) is 36.1 Å². The molecule has 0 aliphatic carbocycles. The Bertz CT molecular complexity index is 984. The smallest absolute Gasteiger partial charge is 0.410 e. The van der Waals surface area contributed by atoms with Crippen LogP contribution in [-0.2, 0) is 4.74 Å². The molecule has 1 saturated heterocycles. The van der Waals surface area contributed by atoms with Gasteiger partial charge in [-0.1, -0.05) is 23.2 Å². The number of carbonyl (C=O) groups is 1. The minimum atomic E-state index is -0.470. The zero-order valence-corrected chi connectivity index (χ0v) is 17.6. The van der Waals surface area contributed by atoms with Crippen LogP contribution in [0, 0.1) is 6.92 Å². The molecule has 0 spiro atoms. The SMILES string of the molecule is Cc1ccc2c(c1)c1cc(Cl)cnc1n2C1CCN(C(=O)OC(C)(C)C)CC1. The number of aromatic nitrogens is 2. The number of likely N-dealkylation sites (tertiary alicyclic amines) is 1. The second-order valence-electron chi connectivity index (χ2n) is 8.61. The van der Waals surface area contributed by atoms with Crippen LogP contribution in [0.2, 0.25) is 5.02 Å². The Morgan fingerprint density at radius 3 is 2.57 bits per heavy atom. The Labute approximate surface area is 170 Å². The largest absolute Gasteiger partial charge is 0.444 e. The number of fused-ring (bicyclic) bond motifs is 3. The van der Waals surface area contributed by atoms with Gasteiger partial charge in [0.25, 0.3) is 0 Å². The van der Waals surface area contributed by atoms with Crippen LogP contribution in [0.3, 0.4) is 0 Å². The van der Waals surface area contributed by atoms with Crippen molar-refractivity contribution in [2.45, 2.75) is 52.2 Å². The number of nitrogens with zero attached hydrogens (tertiary/aromatic N) is 3. The number of ether oxygens (including phenoxy) is 1. The molecule has 1 aliphatic rings. The van der Waals surface area contributed by atoms with E-state index in [1.165, 1.54) is 16.5 Å². The summed E-state index contributed by atoms with van der Waals surface area (Å²) < 4.78 is 7.85. The lowest BCUT2D eigenvalue weighted by Gasteiger charge is -2.34. The van der Waals surface area contributed by atoms with Crippen molar-refractivity contribution >= 4 is 39.6 Å². The maximum Gasteiger partial charge on any atom is 0.410 e. The van der Waals surface area contributed by atoms with Crippen molar-refractivity contribution in [3.63, 3.8) is 0 Å². The summed E-state index contributed by atoms with van der Waals surface area (Å²) in [7, 11) is 0. The van der Waals surface area contributed by atoms with Gasteiger partial charge in [-0.3, -0.25) is 0 Å². The molecule has 1 fully saturated rings. The maximum absolute atomic E-state index is 12.4. The molecule has 4 rings (SSSR count). The van der Waals surface area contributed by atoms with Gasteiger partial charge in [-0.2, -0.15) is 0 Å². The van der Waals surface area contributed by atoms with E-state index >= 15 is 0 Å². The first-order valence-corrected chi connectivity index (χ1v) is 10.1. The second-order valence-corrected chi connectivity index (χ2v) is 9.05. The molecular weight excluding hydrogens is 374 g/mol. The van der Waals surface area contributed by atoms with E-state index in [-0.39, 0.29) is 12.1 Å². The third-order valence-electron chi connectivity index (χ3n) is 5.24. The van der Waals surface area contributed by atoms with Crippen molar-refractivity contribution in [1.29, 1.82) is 0 Å². The van der Waals surface area contributed by atoms with Crippen LogP contribution in [0.15, 0.2) is 30.5 Å². The highest BCUT2D eigenvalue weighted by Gasteiger charge is 2.29. The van der Waals surface area contributed by atoms with Gasteiger partial charge in [0.1, 0.15) is 11.2 Å². The van der Waals surface area contributed by atoms with E-state index in [9.17, 15) is 4.79 Å². The number of aryl methyl sites for hydroxylation is 1. The van der Waals surface area contributed by atoms with Crippen LogP contribution >= 0.6 is 11.6 Å². The number of benzene rings is 1. The number of amides is 1. The van der Waals surface area contributed by atoms with Crippen molar-refractivity contribution < 1.29 is 9.53 Å². The summed E-state index contributed by atoms with van der Waals surface area (Å²) in [5.74, 6) is 0. The minimum Gasteiger partial charge on any atom is -0.444 e. The van der Waals surface area contributed by atoms with E-state index in [4.69, 9.17) is 16.3 Å². The number of pyridine rings is 1. The number of hydrogen-bond acceptors (Lipinski definition) is 3. The molecule has 0 unspecified atom stereocenters. The van der Waals surface area contributed by atoms with Gasteiger partial charge in [0.15, 0.2) is 0 Å². The maximum atomic E-state index is 12.4. The fourth-order valence-corrected chi connectivity index (χ4v) is 4.17. The van der Waals surface area contributed by atoms with Crippen molar-refractivity contribution in [2.75, 3.05) is 13.1 Å². The Kier molecular flexibility index (Phi) is 4.74. The summed E-state index contributed by atoms with van der Waals surface area (Å²) >= 11 is 6.23. The highest BCUT2D eigenvalue weighted by Crippen LogP contribution is 2.36. The van der Waals surface area contributed by atoms with Crippen LogP contribution in [0.25, 0.3) is 21.9 Å². The zero-order valence-electron chi connectivity index (χ0n) is 16.8. The first-order chi connectivity index (χ1) is 13.2. The van der Waals surface area contributed by atoms with Crippen LogP contribution < -0.4 is 0 Å². The van der Waals surface area contributed by atoms with E-state index in [2.05, 4.69) is 34.7 Å². The molecule has 5 nitrogen and oxygen atoms in total. The standard InChI is InChI=1S/C22H26ClN3O2/c1-14-5-6-19-17(11-14)18-12-15(23)13-24-20(18)26(19)16-7-9-25(10-8-16)21(27)28-22(2,3)4/h5-6,11-13,16H,7-10H2,1-4H3. The van der Waals surface area contributed by atoms with E-state index in [0.29, 0.717) is 18.1 Å². The van der Waals surface area contributed by atoms with Crippen molar-refractivity contribution in [1.82, 2.24) is 14.5 Å². The fraction of sp³-hybridized carbons (Fsp3) is 0.455. The van der Waals surface area contributed by atoms with Crippen LogP contribution in [0.1, 0.15) is 45.2 Å². The number of carbonyl (C=O) groups excluding carboxylic acids is 1. The van der Waals surface area contributed by atoms with Gasteiger partial charge in [-0.15, -0.1) is 0 Å². The quantitative estimate of drug-likeness (QED) is 0.525. The lowest BCUT2D eigenvalue weighted by atomic mass is 10.0. The van der Waals surface area contributed by atoms with Gasteiger partial charge in [-0.25, -0.2) is 9.78 Å². The summed E-state index contributed by atoms with van der Waals surface area (Å²) in [4.78, 5) is 18.8. The Hall–Kier alpha value is -2.27. The molecule has 1 aromatic carbocycles. The second kappa shape index (κ2) is 6.96. The summed E-state index contributed by atoms with van der Waals surface area (Å²) in [5.41, 5.74) is 2.88. The average Bonchev–Trinajstić information content (AvgIpc) is 2.93. The molecule has 1 aliphatic heterocycles. The number of halogens is 1. The lowest BCUT2D eigenvalue weighted by Crippen LogP contribution is -2.42. The monoisotopic (exact) mass is 399 g/mol. The lowest BCUT2D eigenvalue weighted by molar-refractivity contribution is 0.0191. The van der Waals surface area contributed by atoms with Crippen molar-refractivity contribution in [3.8, 4) is 0 Å². The molecule has 28 heavy (non-hydrogen) atoms. The summed E-state index contributed by atoms with van der Waals surface area (Å²) in [6, 6.07) is 8.78. The molecule has 148 valence electrons. The molecule has 0 saturated carbocycles. The Balaban J connectivity index is 1.66. The van der Waals surface area contributed by atoms with Gasteiger partial charge in [-0.05, 0) is 58.7 Å². The Morgan fingerprint density at radius 2 is 1.89 bits per heavy atom. The number of piperidine rings is 1. The highest BCUT2D eigenvalue weighted by molar-refractivity contribution is 6.31.